The van der Waals surface area contributed by atoms with Crippen LogP contribution in [0.4, 0.5) is 0 Å². The van der Waals surface area contributed by atoms with Crippen LogP contribution in [-0.4, -0.2) is 36.1 Å². The molecule has 1 aromatic rings. The van der Waals surface area contributed by atoms with E-state index in [-0.39, 0.29) is 0 Å². The van der Waals surface area contributed by atoms with Gasteiger partial charge in [0.05, 0.1) is 5.35 Å². The summed E-state index contributed by atoms with van der Waals surface area (Å²) in [6, 6.07) is 4.06. The lowest BCUT2D eigenvalue weighted by atomic mass is 10.2. The summed E-state index contributed by atoms with van der Waals surface area (Å²) in [7, 11) is 0. The van der Waals surface area contributed by atoms with Gasteiger partial charge >= 0.3 is 0 Å². The minimum Gasteiger partial charge on any atom is -0.372 e. The summed E-state index contributed by atoms with van der Waals surface area (Å²) < 4.78 is 0. The van der Waals surface area contributed by atoms with Gasteiger partial charge in [-0.15, -0.1) is 0 Å². The molecule has 1 aromatic heterocycles. The van der Waals surface area contributed by atoms with Crippen LogP contribution in [0.1, 0.15) is 13.3 Å². The van der Waals surface area contributed by atoms with Gasteiger partial charge in [0.1, 0.15) is 0 Å². The van der Waals surface area contributed by atoms with Crippen molar-refractivity contribution in [3.63, 3.8) is 0 Å². The van der Waals surface area contributed by atoms with E-state index in [9.17, 15) is 0 Å². The molecular formula is C15H21N3. The number of aromatic nitrogens is 1. The van der Waals surface area contributed by atoms with Gasteiger partial charge < -0.3 is 10.2 Å². The third kappa shape index (κ3) is 2.99. The van der Waals surface area contributed by atoms with Gasteiger partial charge in [-0.3, -0.25) is 4.98 Å². The zero-order valence-corrected chi connectivity index (χ0v) is 11.0. The SMILES string of the molecule is C=C/C=c1/cccn/c1=C(/C)N1CCCNCC1. The lowest BCUT2D eigenvalue weighted by Gasteiger charge is -2.22. The number of hydrogen-bond acceptors (Lipinski definition) is 3. The van der Waals surface area contributed by atoms with Crippen LogP contribution in [0.25, 0.3) is 11.8 Å². The number of pyridine rings is 1. The van der Waals surface area contributed by atoms with Crippen LogP contribution in [0.15, 0.2) is 31.0 Å². The number of nitrogens with zero attached hydrogens (tertiary/aromatic N) is 2. The molecule has 0 bridgehead atoms. The molecule has 3 nitrogen and oxygen atoms in total. The van der Waals surface area contributed by atoms with Crippen LogP contribution in [0.3, 0.4) is 0 Å². The second-order valence-corrected chi connectivity index (χ2v) is 4.52. The highest BCUT2D eigenvalue weighted by Crippen LogP contribution is 2.04. The molecule has 0 unspecified atom stereocenters. The molecule has 0 spiro atoms. The first kappa shape index (κ1) is 12.8. The van der Waals surface area contributed by atoms with Crippen molar-refractivity contribution >= 4 is 11.8 Å². The molecule has 1 aliphatic heterocycles. The van der Waals surface area contributed by atoms with Crippen LogP contribution in [0.5, 0.6) is 0 Å². The van der Waals surface area contributed by atoms with E-state index < -0.39 is 0 Å². The van der Waals surface area contributed by atoms with E-state index in [1.807, 2.05) is 24.4 Å². The first-order valence-corrected chi connectivity index (χ1v) is 6.53. The topological polar surface area (TPSA) is 28.2 Å². The Morgan fingerprint density at radius 2 is 2.33 bits per heavy atom. The fourth-order valence-corrected chi connectivity index (χ4v) is 2.31. The standard InChI is InChI=1S/C15H21N3/c1-3-6-14-7-4-9-17-15(14)13(2)18-11-5-8-16-10-12-18/h3-4,6-7,9,16H,1,5,8,10-12H2,2H3/b14-6-,15-13-. The number of allylic oxidation sites excluding steroid dienone is 1. The predicted molar refractivity (Wildman–Crippen MR) is 76.3 cm³/mol. The third-order valence-electron chi connectivity index (χ3n) is 3.29. The molecule has 1 N–H and O–H groups in total. The monoisotopic (exact) mass is 243 g/mol. The molecule has 2 rings (SSSR count). The molecule has 1 saturated heterocycles. The maximum atomic E-state index is 4.52. The van der Waals surface area contributed by atoms with Crippen molar-refractivity contribution in [1.82, 2.24) is 15.2 Å². The van der Waals surface area contributed by atoms with Crippen molar-refractivity contribution in [2.75, 3.05) is 26.2 Å². The average Bonchev–Trinajstić information content (AvgIpc) is 2.68. The first-order chi connectivity index (χ1) is 8.83. The quantitative estimate of drug-likeness (QED) is 0.818. The molecule has 0 saturated carbocycles. The highest BCUT2D eigenvalue weighted by Gasteiger charge is 2.09. The Morgan fingerprint density at radius 3 is 3.17 bits per heavy atom. The number of nitrogens with one attached hydrogen (secondary N) is 1. The Kier molecular flexibility index (Phi) is 4.53. The van der Waals surface area contributed by atoms with Crippen LogP contribution in [0.2, 0.25) is 0 Å². The maximum Gasteiger partial charge on any atom is 0.0890 e. The normalized spacial score (nSPS) is 19.4. The van der Waals surface area contributed by atoms with Crippen molar-refractivity contribution in [2.45, 2.75) is 13.3 Å². The van der Waals surface area contributed by atoms with Crippen molar-refractivity contribution in [3.05, 3.63) is 41.6 Å². The Hall–Kier alpha value is -1.61. The molecule has 3 heteroatoms. The molecule has 0 atom stereocenters. The van der Waals surface area contributed by atoms with Gasteiger partial charge in [0.25, 0.3) is 0 Å². The van der Waals surface area contributed by atoms with E-state index in [1.54, 1.807) is 0 Å². The van der Waals surface area contributed by atoms with Crippen LogP contribution in [0, 0.1) is 0 Å². The smallest absolute Gasteiger partial charge is 0.0890 e. The maximum absolute atomic E-state index is 4.52. The summed E-state index contributed by atoms with van der Waals surface area (Å²) in [5, 5.41) is 5.63. The van der Waals surface area contributed by atoms with Gasteiger partial charge in [-0.2, -0.15) is 0 Å². The Bertz CT molecular complexity index is 511. The number of rotatable bonds is 2. The van der Waals surface area contributed by atoms with Crippen LogP contribution >= 0.6 is 0 Å². The molecule has 0 aromatic carbocycles. The minimum absolute atomic E-state index is 1.05. The fraction of sp³-hybridized carbons (Fsp3) is 0.400. The van der Waals surface area contributed by atoms with Crippen molar-refractivity contribution in [2.24, 2.45) is 0 Å². The largest absolute Gasteiger partial charge is 0.372 e. The Balaban J connectivity index is 2.45. The molecule has 0 radical (unpaired) electrons. The van der Waals surface area contributed by atoms with E-state index in [2.05, 4.69) is 34.8 Å². The van der Waals surface area contributed by atoms with E-state index in [1.165, 1.54) is 12.1 Å². The van der Waals surface area contributed by atoms with Gasteiger partial charge in [0.15, 0.2) is 0 Å². The van der Waals surface area contributed by atoms with Gasteiger partial charge in [0, 0.05) is 36.7 Å². The zero-order chi connectivity index (χ0) is 12.8. The summed E-state index contributed by atoms with van der Waals surface area (Å²) in [6.07, 6.45) is 6.87. The molecule has 1 aliphatic rings. The van der Waals surface area contributed by atoms with Crippen molar-refractivity contribution in [1.29, 1.82) is 0 Å². The third-order valence-corrected chi connectivity index (χ3v) is 3.29. The predicted octanol–water partition coefficient (Wildman–Crippen LogP) is 0.472. The van der Waals surface area contributed by atoms with Gasteiger partial charge in [-0.25, -0.2) is 0 Å². The second-order valence-electron chi connectivity index (χ2n) is 4.52. The minimum atomic E-state index is 1.05. The summed E-state index contributed by atoms with van der Waals surface area (Å²) in [5.41, 5.74) is 1.26. The molecule has 0 amide bonds. The highest BCUT2D eigenvalue weighted by atomic mass is 15.2. The highest BCUT2D eigenvalue weighted by molar-refractivity contribution is 5.43. The van der Waals surface area contributed by atoms with E-state index in [0.29, 0.717) is 0 Å². The van der Waals surface area contributed by atoms with Crippen LogP contribution < -0.4 is 15.9 Å². The molecule has 2 heterocycles. The van der Waals surface area contributed by atoms with E-state index in [4.69, 9.17) is 0 Å². The summed E-state index contributed by atoms with van der Waals surface area (Å²) in [6.45, 7) is 10.2. The average molecular weight is 243 g/mol. The second kappa shape index (κ2) is 6.36. The first-order valence-electron chi connectivity index (χ1n) is 6.53. The Morgan fingerprint density at radius 1 is 1.44 bits per heavy atom. The lowest BCUT2D eigenvalue weighted by Crippen LogP contribution is -2.37. The van der Waals surface area contributed by atoms with Gasteiger partial charge in [-0.05, 0) is 26.0 Å². The van der Waals surface area contributed by atoms with Crippen molar-refractivity contribution < 1.29 is 0 Å². The molecule has 1 fully saturated rings. The lowest BCUT2D eigenvalue weighted by molar-refractivity contribution is 0.416. The van der Waals surface area contributed by atoms with Gasteiger partial charge in [-0.1, -0.05) is 24.8 Å². The van der Waals surface area contributed by atoms with E-state index >= 15 is 0 Å². The zero-order valence-electron chi connectivity index (χ0n) is 11.0. The summed E-state index contributed by atoms with van der Waals surface area (Å²) in [4.78, 5) is 6.94. The van der Waals surface area contributed by atoms with E-state index in [0.717, 1.165) is 36.7 Å². The molecule has 0 aliphatic carbocycles. The van der Waals surface area contributed by atoms with Gasteiger partial charge in [0.2, 0.25) is 0 Å². The van der Waals surface area contributed by atoms with Crippen molar-refractivity contribution in [3.8, 4) is 0 Å². The number of hydrogen-bond donors (Lipinski definition) is 1. The molecule has 18 heavy (non-hydrogen) atoms. The summed E-state index contributed by atoms with van der Waals surface area (Å²) >= 11 is 0. The molecular weight excluding hydrogens is 222 g/mol. The summed E-state index contributed by atoms with van der Waals surface area (Å²) in [5.74, 6) is 0. The van der Waals surface area contributed by atoms with Crippen LogP contribution in [-0.2, 0) is 0 Å². The fourth-order valence-electron chi connectivity index (χ4n) is 2.31. The molecule has 96 valence electrons. The Labute approximate surface area is 109 Å².